The molecule has 0 spiro atoms. The molecule has 0 amide bonds. The maximum absolute atomic E-state index is 13.7. The fraction of sp³-hybridized carbons (Fsp3) is 0.100. The van der Waals surface area contributed by atoms with Crippen molar-refractivity contribution < 1.29 is 21.8 Å². The highest BCUT2D eigenvalue weighted by molar-refractivity contribution is 7.86. The first-order chi connectivity index (χ1) is 9.62. The molecule has 1 aromatic rings. The summed E-state index contributed by atoms with van der Waals surface area (Å²) in [4.78, 5) is 2.70. The quantitative estimate of drug-likeness (QED) is 0.321. The van der Waals surface area contributed by atoms with Crippen molar-refractivity contribution in [2.45, 2.75) is 11.3 Å². The first kappa shape index (κ1) is 15.6. The lowest BCUT2D eigenvalue weighted by Gasteiger charge is -2.25. The number of benzene rings is 1. The predicted octanol–water partition coefficient (Wildman–Crippen LogP) is 1.12. The standard InChI is InChI=1S/C10H9ClF2N4O3S/c11-7-8(16-10(13)17(15)9(7)12)5-2-1-4(14)3-6(5)21(18,19)20/h1-3,10H,14-15H2,(H,18,19,20). The first-order valence-corrected chi connectivity index (χ1v) is 7.13. The van der Waals surface area contributed by atoms with E-state index in [1.807, 2.05) is 0 Å². The second kappa shape index (κ2) is 5.22. The Bertz CT molecular complexity index is 766. The van der Waals surface area contributed by atoms with Gasteiger partial charge in [-0.15, -0.1) is 0 Å². The lowest BCUT2D eigenvalue weighted by molar-refractivity contribution is 0.0942. The van der Waals surface area contributed by atoms with Crippen molar-refractivity contribution in [3.63, 3.8) is 0 Å². The number of nitrogen functional groups attached to an aromatic ring is 1. The van der Waals surface area contributed by atoms with Gasteiger partial charge >= 0.3 is 0 Å². The molecular formula is C10H9ClF2N4O3S. The molecule has 114 valence electrons. The summed E-state index contributed by atoms with van der Waals surface area (Å²) in [5.74, 6) is 3.72. The molecule has 0 fully saturated rings. The van der Waals surface area contributed by atoms with E-state index in [-0.39, 0.29) is 16.3 Å². The lowest BCUT2D eigenvalue weighted by Crippen LogP contribution is -2.39. The zero-order chi connectivity index (χ0) is 15.9. The molecule has 0 aromatic heterocycles. The summed E-state index contributed by atoms with van der Waals surface area (Å²) in [5, 5.41) is -0.656. The van der Waals surface area contributed by atoms with Crippen LogP contribution in [0, 0.1) is 0 Å². The Morgan fingerprint density at radius 3 is 2.62 bits per heavy atom. The van der Waals surface area contributed by atoms with E-state index < -0.39 is 38.1 Å². The Morgan fingerprint density at radius 2 is 2.05 bits per heavy atom. The van der Waals surface area contributed by atoms with E-state index in [2.05, 4.69) is 4.99 Å². The van der Waals surface area contributed by atoms with Gasteiger partial charge in [0.15, 0.2) is 0 Å². The van der Waals surface area contributed by atoms with Crippen LogP contribution in [-0.2, 0) is 10.1 Å². The summed E-state index contributed by atoms with van der Waals surface area (Å²) < 4.78 is 59.0. The van der Waals surface area contributed by atoms with Crippen LogP contribution in [0.2, 0.25) is 0 Å². The van der Waals surface area contributed by atoms with E-state index in [4.69, 9.17) is 23.2 Å². The second-order valence-electron chi connectivity index (χ2n) is 4.03. The monoisotopic (exact) mass is 338 g/mol. The Morgan fingerprint density at radius 1 is 1.43 bits per heavy atom. The molecule has 7 nitrogen and oxygen atoms in total. The van der Waals surface area contributed by atoms with E-state index >= 15 is 0 Å². The van der Waals surface area contributed by atoms with Gasteiger partial charge in [-0.1, -0.05) is 11.6 Å². The third-order valence-electron chi connectivity index (χ3n) is 2.62. The van der Waals surface area contributed by atoms with Gasteiger partial charge < -0.3 is 5.73 Å². The van der Waals surface area contributed by atoms with Crippen LogP contribution in [0.25, 0.3) is 0 Å². The van der Waals surface area contributed by atoms with Crippen molar-refractivity contribution in [2.24, 2.45) is 10.8 Å². The molecule has 11 heteroatoms. The molecule has 0 aliphatic carbocycles. The first-order valence-electron chi connectivity index (χ1n) is 5.31. The van der Waals surface area contributed by atoms with Gasteiger partial charge in [-0.2, -0.15) is 17.2 Å². The maximum Gasteiger partial charge on any atom is 0.295 e. The maximum atomic E-state index is 13.7. The van der Waals surface area contributed by atoms with Crippen molar-refractivity contribution in [1.82, 2.24) is 5.01 Å². The van der Waals surface area contributed by atoms with Crippen molar-refractivity contribution in [2.75, 3.05) is 5.73 Å². The third-order valence-corrected chi connectivity index (χ3v) is 3.85. The highest BCUT2D eigenvalue weighted by atomic mass is 35.5. The molecule has 1 aromatic carbocycles. The molecule has 21 heavy (non-hydrogen) atoms. The number of alkyl halides is 1. The van der Waals surface area contributed by atoms with Gasteiger partial charge in [-0.3, -0.25) is 4.55 Å². The minimum atomic E-state index is -4.71. The van der Waals surface area contributed by atoms with Crippen LogP contribution >= 0.6 is 11.6 Å². The molecule has 1 heterocycles. The number of hydrazine groups is 1. The van der Waals surface area contributed by atoms with Crippen molar-refractivity contribution in [1.29, 1.82) is 0 Å². The predicted molar refractivity (Wildman–Crippen MR) is 72.1 cm³/mol. The van der Waals surface area contributed by atoms with Crippen LogP contribution in [0.1, 0.15) is 5.56 Å². The number of nitrogens with zero attached hydrogens (tertiary/aromatic N) is 2. The molecule has 1 aliphatic heterocycles. The van der Waals surface area contributed by atoms with Gasteiger partial charge in [-0.25, -0.2) is 15.8 Å². The number of anilines is 1. The molecule has 5 N–H and O–H groups in total. The fourth-order valence-electron chi connectivity index (χ4n) is 1.67. The van der Waals surface area contributed by atoms with Gasteiger partial charge in [0.05, 0.1) is 5.71 Å². The molecule has 0 bridgehead atoms. The Labute approximate surface area is 123 Å². The van der Waals surface area contributed by atoms with Crippen molar-refractivity contribution in [3.8, 4) is 0 Å². The minimum absolute atomic E-state index is 0.0145. The largest absolute Gasteiger partial charge is 0.399 e. The van der Waals surface area contributed by atoms with Crippen molar-refractivity contribution in [3.05, 3.63) is 34.7 Å². The summed E-state index contributed by atoms with van der Waals surface area (Å²) in [6.45, 7) is 0. The van der Waals surface area contributed by atoms with Crippen LogP contribution in [0.15, 0.2) is 39.1 Å². The zero-order valence-electron chi connectivity index (χ0n) is 10.2. The Hall–Kier alpha value is -1.75. The molecular weight excluding hydrogens is 330 g/mol. The summed E-state index contributed by atoms with van der Waals surface area (Å²) in [6.07, 6.45) is -2.30. The van der Waals surface area contributed by atoms with Crippen LogP contribution < -0.4 is 11.6 Å². The molecule has 1 unspecified atom stereocenters. The number of aliphatic imine (C=N–C) groups is 1. The highest BCUT2D eigenvalue weighted by Gasteiger charge is 2.31. The normalized spacial score (nSPS) is 19.8. The van der Waals surface area contributed by atoms with E-state index in [1.165, 1.54) is 6.07 Å². The van der Waals surface area contributed by atoms with Crippen LogP contribution in [-0.4, -0.2) is 30.1 Å². The highest BCUT2D eigenvalue weighted by Crippen LogP contribution is 2.30. The van der Waals surface area contributed by atoms with Crippen LogP contribution in [0.3, 0.4) is 0 Å². The summed E-state index contributed by atoms with van der Waals surface area (Å²) in [7, 11) is -4.71. The third kappa shape index (κ3) is 2.83. The van der Waals surface area contributed by atoms with E-state index in [0.717, 1.165) is 12.1 Å². The van der Waals surface area contributed by atoms with Crippen LogP contribution in [0.4, 0.5) is 14.5 Å². The lowest BCUT2D eigenvalue weighted by atomic mass is 10.1. The number of allylic oxidation sites excluding steroid dienone is 1. The SMILES string of the molecule is Nc1ccc(C2=NC(F)N(N)C(F)=C2Cl)c(S(=O)(=O)O)c1. The van der Waals surface area contributed by atoms with Gasteiger partial charge in [0, 0.05) is 11.3 Å². The van der Waals surface area contributed by atoms with Gasteiger partial charge in [0.2, 0.25) is 5.95 Å². The minimum Gasteiger partial charge on any atom is -0.399 e. The molecule has 0 saturated carbocycles. The van der Waals surface area contributed by atoms with E-state index in [1.54, 1.807) is 0 Å². The number of hydrogen-bond acceptors (Lipinski definition) is 6. The molecule has 0 radical (unpaired) electrons. The van der Waals surface area contributed by atoms with E-state index in [0.29, 0.717) is 0 Å². The molecule has 0 saturated heterocycles. The van der Waals surface area contributed by atoms with Crippen LogP contribution in [0.5, 0.6) is 0 Å². The van der Waals surface area contributed by atoms with Gasteiger partial charge in [-0.05, 0) is 18.2 Å². The Kier molecular flexibility index (Phi) is 3.89. The number of halogens is 3. The second-order valence-corrected chi connectivity index (χ2v) is 5.80. The molecule has 1 atom stereocenters. The zero-order valence-corrected chi connectivity index (χ0v) is 11.7. The van der Waals surface area contributed by atoms with E-state index in [9.17, 15) is 21.8 Å². The molecule has 1 aliphatic rings. The number of rotatable bonds is 2. The average molecular weight is 339 g/mol. The summed E-state index contributed by atoms with van der Waals surface area (Å²) >= 11 is 5.67. The summed E-state index contributed by atoms with van der Waals surface area (Å²) in [5.41, 5.74) is 4.64. The number of nitrogens with two attached hydrogens (primary N) is 2. The summed E-state index contributed by atoms with van der Waals surface area (Å²) in [6, 6.07) is 3.29. The molecule has 2 rings (SSSR count). The smallest absolute Gasteiger partial charge is 0.295 e. The average Bonchev–Trinajstić information content (AvgIpc) is 2.40. The Balaban J connectivity index is 2.71. The fourth-order valence-corrected chi connectivity index (χ4v) is 2.64. The topological polar surface area (TPSA) is 122 Å². The van der Waals surface area contributed by atoms with Crippen molar-refractivity contribution >= 4 is 33.1 Å². The number of hydrogen-bond donors (Lipinski definition) is 3. The van der Waals surface area contributed by atoms with Gasteiger partial charge in [0.25, 0.3) is 16.5 Å². The van der Waals surface area contributed by atoms with Gasteiger partial charge in [0.1, 0.15) is 9.93 Å².